The molecular weight excluding hydrogens is 386 g/mol. The average Bonchev–Trinajstić information content (AvgIpc) is 3.41. The lowest BCUT2D eigenvalue weighted by Crippen LogP contribution is -2.12. The fraction of sp³-hybridized carbons (Fsp3) is 0.318. The summed E-state index contributed by atoms with van der Waals surface area (Å²) < 4.78 is 29.2. The van der Waals surface area contributed by atoms with E-state index in [1.165, 1.54) is 0 Å². The van der Waals surface area contributed by atoms with Gasteiger partial charge in [0, 0.05) is 31.3 Å². The van der Waals surface area contributed by atoms with Crippen LogP contribution in [0.2, 0.25) is 0 Å². The molecule has 1 aliphatic rings. The molecular formula is C22H25N3O5. The SMILES string of the molecule is COCCn1c(-c2ccc3c(c2)OCO3)cnc1NCc1cc(OC)ccc1OC. The third-order valence-electron chi connectivity index (χ3n) is 4.97. The third-order valence-corrected chi connectivity index (χ3v) is 4.97. The van der Waals surface area contributed by atoms with Crippen LogP contribution in [0.1, 0.15) is 5.56 Å². The van der Waals surface area contributed by atoms with Crippen LogP contribution < -0.4 is 24.3 Å². The number of rotatable bonds is 9. The summed E-state index contributed by atoms with van der Waals surface area (Å²) in [7, 11) is 4.99. The molecule has 0 aliphatic carbocycles. The topological polar surface area (TPSA) is 76.0 Å². The van der Waals surface area contributed by atoms with Crippen molar-refractivity contribution in [1.82, 2.24) is 9.55 Å². The van der Waals surface area contributed by atoms with E-state index in [1.807, 2.05) is 42.6 Å². The summed E-state index contributed by atoms with van der Waals surface area (Å²) >= 11 is 0. The van der Waals surface area contributed by atoms with E-state index in [4.69, 9.17) is 23.7 Å². The molecule has 0 bridgehead atoms. The molecule has 0 fully saturated rings. The minimum Gasteiger partial charge on any atom is -0.497 e. The Labute approximate surface area is 175 Å². The number of nitrogens with zero attached hydrogens (tertiary/aromatic N) is 2. The second-order valence-corrected chi connectivity index (χ2v) is 6.71. The molecule has 8 heteroatoms. The molecule has 0 saturated heterocycles. The van der Waals surface area contributed by atoms with Crippen molar-refractivity contribution in [3.63, 3.8) is 0 Å². The molecule has 1 aromatic heterocycles. The van der Waals surface area contributed by atoms with Gasteiger partial charge >= 0.3 is 0 Å². The summed E-state index contributed by atoms with van der Waals surface area (Å²) in [4.78, 5) is 4.60. The van der Waals surface area contributed by atoms with E-state index >= 15 is 0 Å². The van der Waals surface area contributed by atoms with Crippen molar-refractivity contribution < 1.29 is 23.7 Å². The molecule has 8 nitrogen and oxygen atoms in total. The molecule has 1 N–H and O–H groups in total. The van der Waals surface area contributed by atoms with Gasteiger partial charge in [0.05, 0.1) is 32.7 Å². The number of imidazole rings is 1. The van der Waals surface area contributed by atoms with E-state index in [2.05, 4.69) is 14.9 Å². The number of hydrogen-bond donors (Lipinski definition) is 1. The largest absolute Gasteiger partial charge is 0.497 e. The van der Waals surface area contributed by atoms with Crippen LogP contribution in [-0.2, 0) is 17.8 Å². The van der Waals surface area contributed by atoms with Crippen molar-refractivity contribution in [3.8, 4) is 34.3 Å². The fourth-order valence-electron chi connectivity index (χ4n) is 3.41. The molecule has 30 heavy (non-hydrogen) atoms. The Kier molecular flexibility index (Phi) is 5.94. The van der Waals surface area contributed by atoms with Gasteiger partial charge in [-0.15, -0.1) is 0 Å². The Hall–Kier alpha value is -3.39. The molecule has 0 atom stereocenters. The zero-order valence-electron chi connectivity index (χ0n) is 17.3. The molecule has 1 aliphatic heterocycles. The molecule has 0 radical (unpaired) electrons. The predicted molar refractivity (Wildman–Crippen MR) is 113 cm³/mol. The van der Waals surface area contributed by atoms with E-state index < -0.39 is 0 Å². The standard InChI is InChI=1S/C22H25N3O5/c1-26-9-8-25-18(15-4-6-20-21(11-15)30-14-29-20)13-24-22(25)23-12-16-10-17(27-2)5-7-19(16)28-3/h4-7,10-11,13H,8-9,12,14H2,1-3H3,(H,23,24). The smallest absolute Gasteiger partial charge is 0.231 e. The molecule has 2 heterocycles. The first kappa shape index (κ1) is 19.9. The Morgan fingerprint density at radius 3 is 2.70 bits per heavy atom. The van der Waals surface area contributed by atoms with Crippen LogP contribution in [-0.4, -0.2) is 44.3 Å². The number of methoxy groups -OCH3 is 3. The number of anilines is 1. The Balaban J connectivity index is 1.61. The van der Waals surface area contributed by atoms with Crippen molar-refractivity contribution in [3.05, 3.63) is 48.2 Å². The molecule has 0 unspecified atom stereocenters. The Morgan fingerprint density at radius 2 is 1.90 bits per heavy atom. The summed E-state index contributed by atoms with van der Waals surface area (Å²) in [5.41, 5.74) is 2.93. The van der Waals surface area contributed by atoms with E-state index in [9.17, 15) is 0 Å². The van der Waals surface area contributed by atoms with Crippen molar-refractivity contribution >= 4 is 5.95 Å². The highest BCUT2D eigenvalue weighted by atomic mass is 16.7. The minimum atomic E-state index is 0.247. The van der Waals surface area contributed by atoms with E-state index in [0.29, 0.717) is 19.7 Å². The van der Waals surface area contributed by atoms with E-state index in [1.54, 1.807) is 21.3 Å². The molecule has 2 aromatic carbocycles. The molecule has 4 rings (SSSR count). The summed E-state index contributed by atoms with van der Waals surface area (Å²) in [5, 5.41) is 3.41. The first-order valence-electron chi connectivity index (χ1n) is 9.62. The second-order valence-electron chi connectivity index (χ2n) is 6.71. The van der Waals surface area contributed by atoms with Crippen molar-refractivity contribution in [2.45, 2.75) is 13.1 Å². The maximum atomic E-state index is 5.52. The van der Waals surface area contributed by atoms with Crippen molar-refractivity contribution in [2.75, 3.05) is 40.0 Å². The maximum Gasteiger partial charge on any atom is 0.231 e. The van der Waals surface area contributed by atoms with Gasteiger partial charge in [-0.25, -0.2) is 4.98 Å². The van der Waals surface area contributed by atoms with E-state index in [0.717, 1.165) is 45.8 Å². The number of nitrogens with one attached hydrogen (secondary N) is 1. The number of hydrogen-bond acceptors (Lipinski definition) is 7. The lowest BCUT2D eigenvalue weighted by molar-refractivity contribution is 0.174. The van der Waals surface area contributed by atoms with Gasteiger partial charge in [-0.05, 0) is 36.4 Å². The van der Waals surface area contributed by atoms with Crippen LogP contribution in [0, 0.1) is 0 Å². The second kappa shape index (κ2) is 8.96. The highest BCUT2D eigenvalue weighted by Crippen LogP contribution is 2.36. The summed E-state index contributed by atoms with van der Waals surface area (Å²) in [6.45, 7) is 1.99. The third kappa shape index (κ3) is 3.99. The summed E-state index contributed by atoms with van der Waals surface area (Å²) in [5.74, 6) is 3.79. The molecule has 0 amide bonds. The zero-order valence-corrected chi connectivity index (χ0v) is 17.3. The summed E-state index contributed by atoms with van der Waals surface area (Å²) in [6.07, 6.45) is 1.85. The molecule has 158 valence electrons. The number of ether oxygens (including phenoxy) is 5. The summed E-state index contributed by atoms with van der Waals surface area (Å²) in [6, 6.07) is 11.6. The molecule has 0 spiro atoms. The highest BCUT2D eigenvalue weighted by Gasteiger charge is 2.18. The van der Waals surface area contributed by atoms with Crippen molar-refractivity contribution in [2.24, 2.45) is 0 Å². The van der Waals surface area contributed by atoms with Crippen LogP contribution in [0.3, 0.4) is 0 Å². The average molecular weight is 411 g/mol. The highest BCUT2D eigenvalue weighted by molar-refractivity contribution is 5.66. The van der Waals surface area contributed by atoms with Crippen LogP contribution in [0.4, 0.5) is 5.95 Å². The van der Waals surface area contributed by atoms with E-state index in [-0.39, 0.29) is 6.79 Å². The quantitative estimate of drug-likeness (QED) is 0.577. The molecule has 3 aromatic rings. The van der Waals surface area contributed by atoms with Gasteiger partial charge in [-0.1, -0.05) is 0 Å². The van der Waals surface area contributed by atoms with Gasteiger partial charge in [0.15, 0.2) is 11.5 Å². The van der Waals surface area contributed by atoms with Gasteiger partial charge in [-0.2, -0.15) is 0 Å². The maximum absolute atomic E-state index is 5.52. The number of fused-ring (bicyclic) bond motifs is 1. The van der Waals surface area contributed by atoms with Crippen LogP contribution >= 0.6 is 0 Å². The van der Waals surface area contributed by atoms with Crippen LogP contribution in [0.5, 0.6) is 23.0 Å². The monoisotopic (exact) mass is 411 g/mol. The van der Waals surface area contributed by atoms with Crippen LogP contribution in [0.15, 0.2) is 42.6 Å². The lowest BCUT2D eigenvalue weighted by Gasteiger charge is -2.15. The predicted octanol–water partition coefficient (Wildman–Crippen LogP) is 3.55. The Bertz CT molecular complexity index is 1020. The van der Waals surface area contributed by atoms with Crippen molar-refractivity contribution in [1.29, 1.82) is 0 Å². The van der Waals surface area contributed by atoms with Gasteiger partial charge in [0.25, 0.3) is 0 Å². The normalized spacial score (nSPS) is 12.1. The first-order valence-corrected chi connectivity index (χ1v) is 9.62. The Morgan fingerprint density at radius 1 is 1.03 bits per heavy atom. The minimum absolute atomic E-state index is 0.247. The first-order chi connectivity index (χ1) is 14.7. The van der Waals surface area contributed by atoms with Gasteiger partial charge in [0.1, 0.15) is 11.5 Å². The van der Waals surface area contributed by atoms with Crippen LogP contribution in [0.25, 0.3) is 11.3 Å². The number of aromatic nitrogens is 2. The molecule has 0 saturated carbocycles. The fourth-order valence-corrected chi connectivity index (χ4v) is 3.41. The van der Waals surface area contributed by atoms with Gasteiger partial charge < -0.3 is 33.6 Å². The zero-order chi connectivity index (χ0) is 20.9. The number of benzene rings is 2. The lowest BCUT2D eigenvalue weighted by atomic mass is 10.1. The van der Waals surface area contributed by atoms with Gasteiger partial charge in [-0.3, -0.25) is 0 Å². The van der Waals surface area contributed by atoms with Gasteiger partial charge in [0.2, 0.25) is 12.7 Å².